The molecular formula is C19H25N5O3. The van der Waals surface area contributed by atoms with Crippen molar-refractivity contribution >= 4 is 17.6 Å². The number of aromatic amines is 1. The Balaban J connectivity index is 1.93. The monoisotopic (exact) mass is 371 g/mol. The molecule has 27 heavy (non-hydrogen) atoms. The van der Waals surface area contributed by atoms with E-state index in [0.29, 0.717) is 30.8 Å². The van der Waals surface area contributed by atoms with Gasteiger partial charge in [0.1, 0.15) is 5.82 Å². The van der Waals surface area contributed by atoms with Crippen molar-refractivity contribution in [3.05, 3.63) is 47.7 Å². The number of rotatable bonds is 1. The van der Waals surface area contributed by atoms with Crippen molar-refractivity contribution in [1.82, 2.24) is 20.6 Å². The Morgan fingerprint density at radius 2 is 2.19 bits per heavy atom. The molecule has 2 amide bonds. The first-order chi connectivity index (χ1) is 13.0. The van der Waals surface area contributed by atoms with Gasteiger partial charge in [-0.25, -0.2) is 9.78 Å². The second-order valence-corrected chi connectivity index (χ2v) is 6.89. The van der Waals surface area contributed by atoms with Crippen molar-refractivity contribution in [2.45, 2.75) is 38.3 Å². The van der Waals surface area contributed by atoms with Crippen LogP contribution in [0.3, 0.4) is 0 Å². The molecule has 0 saturated carbocycles. The molecule has 0 saturated heterocycles. The standard InChI is InChI=1S/C19H25N5O3/c1-11-4-3-5-14(20)18-21-10-16(24-18)13-7-6-12(22-19(26)27-2)9-15(13)23-17(25)8-11/h3-4,6-7,10-11,14-15H,5,8-9,20H2,1-2H3,(H,21,24)(H,22,26)(H,23,25)/b4-3+/t11?,14-,15?/m0/s1. The molecule has 2 unspecified atom stereocenters. The molecule has 8 nitrogen and oxygen atoms in total. The highest BCUT2D eigenvalue weighted by Crippen LogP contribution is 2.27. The summed E-state index contributed by atoms with van der Waals surface area (Å²) in [5, 5.41) is 5.74. The maximum Gasteiger partial charge on any atom is 0.411 e. The minimum Gasteiger partial charge on any atom is -0.453 e. The molecule has 5 N–H and O–H groups in total. The van der Waals surface area contributed by atoms with Crippen molar-refractivity contribution < 1.29 is 14.3 Å². The number of nitrogens with zero attached hydrogens (tertiary/aromatic N) is 1. The van der Waals surface area contributed by atoms with Gasteiger partial charge in [0.2, 0.25) is 5.91 Å². The third-order valence-corrected chi connectivity index (χ3v) is 4.67. The van der Waals surface area contributed by atoms with Crippen LogP contribution >= 0.6 is 0 Å². The van der Waals surface area contributed by atoms with Crippen LogP contribution in [0.25, 0.3) is 5.57 Å². The lowest BCUT2D eigenvalue weighted by Gasteiger charge is -2.26. The van der Waals surface area contributed by atoms with Crippen LogP contribution in [0.4, 0.5) is 4.79 Å². The fourth-order valence-corrected chi connectivity index (χ4v) is 3.24. The number of allylic oxidation sites excluding steroid dienone is 3. The third kappa shape index (κ3) is 4.65. The fourth-order valence-electron chi connectivity index (χ4n) is 3.24. The number of carbonyl (C=O) groups excluding carboxylic acids is 2. The second kappa shape index (κ2) is 8.22. The van der Waals surface area contributed by atoms with Crippen molar-refractivity contribution in [3.63, 3.8) is 0 Å². The largest absolute Gasteiger partial charge is 0.453 e. The molecular weight excluding hydrogens is 346 g/mol. The maximum absolute atomic E-state index is 12.5. The van der Waals surface area contributed by atoms with E-state index in [1.807, 2.05) is 25.2 Å². The van der Waals surface area contributed by atoms with Crippen molar-refractivity contribution in [3.8, 4) is 0 Å². The lowest BCUT2D eigenvalue weighted by Crippen LogP contribution is -2.39. The van der Waals surface area contributed by atoms with Crippen molar-refractivity contribution in [1.29, 1.82) is 0 Å². The summed E-state index contributed by atoms with van der Waals surface area (Å²) in [5.74, 6) is 0.754. The summed E-state index contributed by atoms with van der Waals surface area (Å²) in [7, 11) is 1.31. The van der Waals surface area contributed by atoms with Crippen molar-refractivity contribution in [2.24, 2.45) is 11.7 Å². The van der Waals surface area contributed by atoms with Gasteiger partial charge in [-0.2, -0.15) is 0 Å². The van der Waals surface area contributed by atoms with E-state index in [-0.39, 0.29) is 23.9 Å². The van der Waals surface area contributed by atoms with Gasteiger partial charge in [-0.15, -0.1) is 0 Å². The molecule has 0 aromatic carbocycles. The average Bonchev–Trinajstić information content (AvgIpc) is 3.11. The van der Waals surface area contributed by atoms with Gasteiger partial charge in [0, 0.05) is 18.5 Å². The van der Waals surface area contributed by atoms with Gasteiger partial charge in [-0.3, -0.25) is 10.1 Å². The Kier molecular flexibility index (Phi) is 5.75. The summed E-state index contributed by atoms with van der Waals surface area (Å²) in [6.07, 6.45) is 10.3. The average molecular weight is 371 g/mol. The number of aromatic nitrogens is 2. The lowest BCUT2D eigenvalue weighted by molar-refractivity contribution is -0.121. The van der Waals surface area contributed by atoms with Gasteiger partial charge in [-0.1, -0.05) is 25.2 Å². The molecule has 3 atom stereocenters. The molecule has 0 spiro atoms. The highest BCUT2D eigenvalue weighted by Gasteiger charge is 2.26. The zero-order valence-electron chi connectivity index (χ0n) is 15.5. The number of nitrogens with one attached hydrogen (secondary N) is 3. The van der Waals surface area contributed by atoms with Gasteiger partial charge < -0.3 is 20.8 Å². The number of alkyl carbamates (subject to hydrolysis) is 1. The summed E-state index contributed by atoms with van der Waals surface area (Å²) in [6.45, 7) is 1.99. The molecule has 2 bridgehead atoms. The molecule has 144 valence electrons. The number of imidazole rings is 1. The van der Waals surface area contributed by atoms with Crippen molar-refractivity contribution in [2.75, 3.05) is 7.11 Å². The van der Waals surface area contributed by atoms with E-state index in [2.05, 4.69) is 25.3 Å². The zero-order chi connectivity index (χ0) is 19.4. The van der Waals surface area contributed by atoms with Crippen LogP contribution in [0.2, 0.25) is 0 Å². The van der Waals surface area contributed by atoms with Crippen LogP contribution in [0.15, 0.2) is 36.2 Å². The Hall–Kier alpha value is -2.87. The summed E-state index contributed by atoms with van der Waals surface area (Å²) in [6, 6.07) is -0.530. The summed E-state index contributed by atoms with van der Waals surface area (Å²) in [5.41, 5.74) is 8.58. The van der Waals surface area contributed by atoms with Crippen LogP contribution in [-0.2, 0) is 9.53 Å². The van der Waals surface area contributed by atoms with Crippen LogP contribution in [-0.4, -0.2) is 35.1 Å². The fraction of sp³-hybridized carbons (Fsp3) is 0.421. The van der Waals surface area contributed by atoms with Crippen LogP contribution in [0.5, 0.6) is 0 Å². The quantitative estimate of drug-likeness (QED) is 0.562. The molecule has 1 aliphatic carbocycles. The Morgan fingerprint density at radius 3 is 2.96 bits per heavy atom. The van der Waals surface area contributed by atoms with E-state index in [1.54, 1.807) is 12.3 Å². The van der Waals surface area contributed by atoms with E-state index < -0.39 is 6.09 Å². The van der Waals surface area contributed by atoms with E-state index in [0.717, 1.165) is 11.3 Å². The molecule has 2 aliphatic rings. The topological polar surface area (TPSA) is 122 Å². The highest BCUT2D eigenvalue weighted by molar-refractivity contribution is 5.82. The Bertz CT molecular complexity index is 808. The Morgan fingerprint density at radius 1 is 1.37 bits per heavy atom. The number of amides is 2. The molecule has 2 heterocycles. The predicted octanol–water partition coefficient (Wildman–Crippen LogP) is 1.91. The smallest absolute Gasteiger partial charge is 0.411 e. The summed E-state index contributed by atoms with van der Waals surface area (Å²) < 4.78 is 4.65. The number of H-pyrrole nitrogens is 1. The number of ether oxygens (including phenoxy) is 1. The van der Waals surface area contributed by atoms with Gasteiger partial charge in [-0.05, 0) is 24.0 Å². The minimum absolute atomic E-state index is 0.0503. The first kappa shape index (κ1) is 18.9. The lowest BCUT2D eigenvalue weighted by atomic mass is 9.94. The van der Waals surface area contributed by atoms with Gasteiger partial charge >= 0.3 is 6.09 Å². The summed E-state index contributed by atoms with van der Waals surface area (Å²) >= 11 is 0. The number of fused-ring (bicyclic) bond motifs is 4. The molecule has 0 radical (unpaired) electrons. The number of methoxy groups -OCH3 is 1. The molecule has 8 heteroatoms. The normalized spacial score (nSPS) is 26.8. The van der Waals surface area contributed by atoms with E-state index in [9.17, 15) is 9.59 Å². The van der Waals surface area contributed by atoms with Gasteiger partial charge in [0.15, 0.2) is 0 Å². The molecule has 1 aromatic rings. The third-order valence-electron chi connectivity index (χ3n) is 4.67. The van der Waals surface area contributed by atoms with Gasteiger partial charge in [0.05, 0.1) is 31.1 Å². The zero-order valence-corrected chi connectivity index (χ0v) is 15.5. The molecule has 3 rings (SSSR count). The first-order valence-electron chi connectivity index (χ1n) is 8.99. The number of hydrogen-bond acceptors (Lipinski definition) is 5. The van der Waals surface area contributed by atoms with Crippen LogP contribution < -0.4 is 16.4 Å². The number of nitrogens with two attached hydrogens (primary N) is 1. The van der Waals surface area contributed by atoms with E-state index >= 15 is 0 Å². The molecule has 1 aliphatic heterocycles. The number of hydrogen-bond donors (Lipinski definition) is 4. The van der Waals surface area contributed by atoms with Gasteiger partial charge in [0.25, 0.3) is 0 Å². The SMILES string of the molecule is COC(=O)NC1=CC=C2c3cnc([nH]3)[C@@H](N)C/C=C/C(C)CC(=O)NC2C1. The molecule has 1 aromatic heterocycles. The Labute approximate surface area is 157 Å². The van der Waals surface area contributed by atoms with Crippen LogP contribution in [0, 0.1) is 5.92 Å². The first-order valence-corrected chi connectivity index (χ1v) is 8.99. The number of carbonyl (C=O) groups is 2. The second-order valence-electron chi connectivity index (χ2n) is 6.89. The highest BCUT2D eigenvalue weighted by atomic mass is 16.5. The summed E-state index contributed by atoms with van der Waals surface area (Å²) in [4.78, 5) is 31.7. The minimum atomic E-state index is -0.539. The van der Waals surface area contributed by atoms with Crippen LogP contribution in [0.1, 0.15) is 43.7 Å². The maximum atomic E-state index is 12.5. The van der Waals surface area contributed by atoms with E-state index in [4.69, 9.17) is 5.73 Å². The molecule has 0 fully saturated rings. The predicted molar refractivity (Wildman–Crippen MR) is 101 cm³/mol. The van der Waals surface area contributed by atoms with E-state index in [1.165, 1.54) is 7.11 Å².